The average Bonchev–Trinajstić information content (AvgIpc) is 2.78. The molecule has 122 valence electrons. The summed E-state index contributed by atoms with van der Waals surface area (Å²) in [5.41, 5.74) is 3.34. The number of non-ortho nitro benzene ring substituents is 1. The third-order valence-corrected chi connectivity index (χ3v) is 4.15. The highest BCUT2D eigenvalue weighted by Crippen LogP contribution is 2.27. The van der Waals surface area contributed by atoms with E-state index in [-0.39, 0.29) is 17.5 Å². The van der Waals surface area contributed by atoms with Crippen LogP contribution in [0, 0.1) is 24.0 Å². The number of carbonyl (C=O) groups is 1. The lowest BCUT2D eigenvalue weighted by Crippen LogP contribution is -2.30. The molecule has 0 saturated heterocycles. The van der Waals surface area contributed by atoms with E-state index in [2.05, 4.69) is 5.10 Å². The number of carbonyl (C=O) groups excluding carboxylic acids is 1. The van der Waals surface area contributed by atoms with Crippen molar-refractivity contribution in [1.82, 2.24) is 9.78 Å². The summed E-state index contributed by atoms with van der Waals surface area (Å²) in [7, 11) is 3.52. The minimum atomic E-state index is -0.462. The van der Waals surface area contributed by atoms with E-state index in [1.165, 1.54) is 17.0 Å². The number of anilines is 1. The van der Waals surface area contributed by atoms with Gasteiger partial charge in [0.15, 0.2) is 0 Å². The zero-order valence-corrected chi connectivity index (χ0v) is 13.9. The Kier molecular flexibility index (Phi) is 4.49. The summed E-state index contributed by atoms with van der Waals surface area (Å²) in [6, 6.07) is 5.94. The van der Waals surface area contributed by atoms with Gasteiger partial charge in [0.25, 0.3) is 5.69 Å². The molecule has 1 aromatic carbocycles. The maximum absolute atomic E-state index is 12.7. The third-order valence-electron chi connectivity index (χ3n) is 4.15. The molecule has 0 radical (unpaired) electrons. The van der Waals surface area contributed by atoms with Gasteiger partial charge in [-0.1, -0.05) is 0 Å². The maximum Gasteiger partial charge on any atom is 0.269 e. The summed E-state index contributed by atoms with van der Waals surface area (Å²) < 4.78 is 1.76. The third kappa shape index (κ3) is 3.08. The Morgan fingerprint density at radius 3 is 2.30 bits per heavy atom. The molecule has 0 unspecified atom stereocenters. The van der Waals surface area contributed by atoms with Crippen LogP contribution in [-0.2, 0) is 11.8 Å². The number of aryl methyl sites for hydroxylation is 2. The Hall–Kier alpha value is -2.70. The largest absolute Gasteiger partial charge is 0.315 e. The Morgan fingerprint density at radius 1 is 1.30 bits per heavy atom. The highest BCUT2D eigenvalue weighted by Gasteiger charge is 2.26. The molecule has 0 bridgehead atoms. The topological polar surface area (TPSA) is 81.3 Å². The predicted octanol–water partition coefficient (Wildman–Crippen LogP) is 2.71. The van der Waals surface area contributed by atoms with Gasteiger partial charge in [0.05, 0.1) is 16.5 Å². The van der Waals surface area contributed by atoms with Crippen LogP contribution in [0.2, 0.25) is 0 Å². The maximum atomic E-state index is 12.7. The quantitative estimate of drug-likeness (QED) is 0.641. The minimum absolute atomic E-state index is 0.00148. The van der Waals surface area contributed by atoms with Crippen molar-refractivity contribution in [2.24, 2.45) is 7.05 Å². The van der Waals surface area contributed by atoms with Crippen molar-refractivity contribution in [3.05, 3.63) is 51.3 Å². The molecule has 2 rings (SSSR count). The Bertz CT molecular complexity index is 749. The first-order valence-electron chi connectivity index (χ1n) is 7.26. The molecule has 0 N–H and O–H groups in total. The highest BCUT2D eigenvalue weighted by atomic mass is 16.6. The molecule has 1 aromatic heterocycles. The van der Waals surface area contributed by atoms with Crippen LogP contribution in [0.5, 0.6) is 0 Å². The van der Waals surface area contributed by atoms with E-state index in [9.17, 15) is 14.9 Å². The monoisotopic (exact) mass is 316 g/mol. The second-order valence-corrected chi connectivity index (χ2v) is 5.60. The summed E-state index contributed by atoms with van der Waals surface area (Å²) in [5, 5.41) is 15.1. The van der Waals surface area contributed by atoms with E-state index in [1.54, 1.807) is 23.9 Å². The summed E-state index contributed by atoms with van der Waals surface area (Å²) in [6.45, 7) is 5.67. The van der Waals surface area contributed by atoms with Crippen LogP contribution in [0.4, 0.5) is 11.4 Å². The van der Waals surface area contributed by atoms with Gasteiger partial charge >= 0.3 is 0 Å². The van der Waals surface area contributed by atoms with Gasteiger partial charge < -0.3 is 4.90 Å². The lowest BCUT2D eigenvalue weighted by atomic mass is 9.97. The molecule has 0 saturated carbocycles. The molecule has 23 heavy (non-hydrogen) atoms. The van der Waals surface area contributed by atoms with E-state index in [0.29, 0.717) is 5.69 Å². The van der Waals surface area contributed by atoms with Crippen LogP contribution in [0.25, 0.3) is 0 Å². The number of hydrogen-bond donors (Lipinski definition) is 0. The number of nitrogens with zero attached hydrogens (tertiary/aromatic N) is 4. The summed E-state index contributed by atoms with van der Waals surface area (Å²) in [5.74, 6) is -0.429. The molecule has 1 atom stereocenters. The van der Waals surface area contributed by atoms with Gasteiger partial charge in [-0.25, -0.2) is 0 Å². The molecule has 0 aliphatic carbocycles. The van der Waals surface area contributed by atoms with Gasteiger partial charge in [-0.05, 0) is 32.9 Å². The van der Waals surface area contributed by atoms with E-state index >= 15 is 0 Å². The van der Waals surface area contributed by atoms with Crippen LogP contribution in [0.1, 0.15) is 29.8 Å². The number of amides is 1. The smallest absolute Gasteiger partial charge is 0.269 e. The average molecular weight is 316 g/mol. The van der Waals surface area contributed by atoms with E-state index < -0.39 is 4.92 Å². The molecule has 1 heterocycles. The van der Waals surface area contributed by atoms with Crippen LogP contribution in [-0.4, -0.2) is 27.7 Å². The zero-order valence-electron chi connectivity index (χ0n) is 13.9. The number of aromatic nitrogens is 2. The van der Waals surface area contributed by atoms with Gasteiger partial charge in [0.2, 0.25) is 5.91 Å². The fraction of sp³-hybridized carbons (Fsp3) is 0.375. The van der Waals surface area contributed by atoms with Crippen molar-refractivity contribution in [3.8, 4) is 0 Å². The number of hydrogen-bond acceptors (Lipinski definition) is 4. The zero-order chi connectivity index (χ0) is 17.3. The molecule has 0 spiro atoms. The molecular weight excluding hydrogens is 296 g/mol. The predicted molar refractivity (Wildman–Crippen MR) is 87.6 cm³/mol. The molecule has 2 aromatic rings. The second-order valence-electron chi connectivity index (χ2n) is 5.60. The first-order chi connectivity index (χ1) is 10.7. The standard InChI is InChI=1S/C16H20N4O3/c1-10(15-11(2)17-19(5)12(15)3)16(21)18(4)13-6-8-14(9-7-13)20(22)23/h6-10H,1-5H3/t10-/m1/s1. The molecular formula is C16H20N4O3. The van der Waals surface area contributed by atoms with Gasteiger partial charge in [-0.15, -0.1) is 0 Å². The van der Waals surface area contributed by atoms with Crippen molar-refractivity contribution in [2.75, 3.05) is 11.9 Å². The number of nitro groups is 1. The molecule has 7 heteroatoms. The van der Waals surface area contributed by atoms with Crippen molar-refractivity contribution in [3.63, 3.8) is 0 Å². The Balaban J connectivity index is 2.26. The van der Waals surface area contributed by atoms with E-state index in [0.717, 1.165) is 17.0 Å². The van der Waals surface area contributed by atoms with Crippen molar-refractivity contribution in [2.45, 2.75) is 26.7 Å². The first kappa shape index (κ1) is 16.7. The highest BCUT2D eigenvalue weighted by molar-refractivity contribution is 5.97. The Morgan fingerprint density at radius 2 is 1.87 bits per heavy atom. The van der Waals surface area contributed by atoms with Crippen molar-refractivity contribution in [1.29, 1.82) is 0 Å². The molecule has 0 aliphatic heterocycles. The van der Waals surface area contributed by atoms with Crippen molar-refractivity contribution < 1.29 is 9.72 Å². The van der Waals surface area contributed by atoms with Gasteiger partial charge in [0, 0.05) is 43.2 Å². The fourth-order valence-electron chi connectivity index (χ4n) is 2.76. The molecule has 0 fully saturated rings. The van der Waals surface area contributed by atoms with Crippen molar-refractivity contribution >= 4 is 17.3 Å². The molecule has 0 aliphatic rings. The first-order valence-corrected chi connectivity index (χ1v) is 7.26. The summed E-state index contributed by atoms with van der Waals surface area (Å²) in [6.07, 6.45) is 0. The Labute approximate surface area is 134 Å². The van der Waals surface area contributed by atoms with Gasteiger partial charge in [0.1, 0.15) is 0 Å². The van der Waals surface area contributed by atoms with Gasteiger partial charge in [-0.2, -0.15) is 5.10 Å². The van der Waals surface area contributed by atoms with E-state index in [1.807, 2.05) is 27.8 Å². The SMILES string of the molecule is Cc1nn(C)c(C)c1[C@@H](C)C(=O)N(C)c1ccc([N+](=O)[O-])cc1. The minimum Gasteiger partial charge on any atom is -0.315 e. The summed E-state index contributed by atoms with van der Waals surface area (Å²) >= 11 is 0. The number of nitro benzene ring substituents is 1. The number of likely N-dealkylation sites (N-methyl/N-ethyl adjacent to an activating group) is 1. The van der Waals surface area contributed by atoms with Crippen LogP contribution < -0.4 is 4.90 Å². The molecule has 1 amide bonds. The normalized spacial score (nSPS) is 12.0. The summed E-state index contributed by atoms with van der Waals surface area (Å²) in [4.78, 5) is 24.5. The lowest BCUT2D eigenvalue weighted by molar-refractivity contribution is -0.384. The fourth-order valence-corrected chi connectivity index (χ4v) is 2.76. The van der Waals surface area contributed by atoms with Crippen LogP contribution >= 0.6 is 0 Å². The van der Waals surface area contributed by atoms with Crippen LogP contribution in [0.15, 0.2) is 24.3 Å². The number of rotatable bonds is 4. The molecule has 7 nitrogen and oxygen atoms in total. The second kappa shape index (κ2) is 6.20. The number of benzene rings is 1. The lowest BCUT2D eigenvalue weighted by Gasteiger charge is -2.22. The van der Waals surface area contributed by atoms with Crippen LogP contribution in [0.3, 0.4) is 0 Å². The van der Waals surface area contributed by atoms with Gasteiger partial charge in [-0.3, -0.25) is 19.6 Å². The van der Waals surface area contributed by atoms with E-state index in [4.69, 9.17) is 0 Å².